The van der Waals surface area contributed by atoms with E-state index in [0.29, 0.717) is 5.06 Å². The van der Waals surface area contributed by atoms with E-state index in [9.17, 15) is 5.21 Å². The molecule has 22 heavy (non-hydrogen) atoms. The fourth-order valence-electron chi connectivity index (χ4n) is 3.10. The molecule has 0 aliphatic rings. The Hall–Kier alpha value is -0.0800. The van der Waals surface area contributed by atoms with Gasteiger partial charge in [0.05, 0.1) is 13.1 Å². The number of hydrogen-bond acceptors (Lipinski definition) is 1. The minimum atomic E-state index is 0.470. The molecule has 0 heterocycles. The summed E-state index contributed by atoms with van der Waals surface area (Å²) in [5.41, 5.74) is 0. The predicted octanol–water partition coefficient (Wildman–Crippen LogP) is 5.65. The first-order chi connectivity index (χ1) is 10.8. The first kappa shape index (κ1) is 21.9. The lowest BCUT2D eigenvalue weighted by molar-refractivity contribution is -0.848. The number of rotatable bonds is 18. The van der Waals surface area contributed by atoms with Crippen molar-refractivity contribution in [2.24, 2.45) is 0 Å². The maximum atomic E-state index is 11.4. The summed E-state index contributed by atoms with van der Waals surface area (Å²) in [4.78, 5) is 0. The SMILES string of the molecule is CCCCCCCCCCCCCCCCC[NH+]([O-])CCC. The van der Waals surface area contributed by atoms with Crippen LogP contribution in [0, 0.1) is 5.21 Å². The van der Waals surface area contributed by atoms with Crippen molar-refractivity contribution in [2.45, 2.75) is 117 Å². The van der Waals surface area contributed by atoms with Crippen LogP contribution in [0.4, 0.5) is 0 Å². The Kier molecular flexibility index (Phi) is 18.9. The van der Waals surface area contributed by atoms with Crippen LogP contribution in [0.1, 0.15) is 117 Å². The molecule has 0 aromatic rings. The van der Waals surface area contributed by atoms with E-state index in [0.717, 1.165) is 25.9 Å². The fraction of sp³-hybridized carbons (Fsp3) is 1.00. The summed E-state index contributed by atoms with van der Waals surface area (Å²) in [6.07, 6.45) is 21.8. The van der Waals surface area contributed by atoms with Gasteiger partial charge >= 0.3 is 0 Å². The minimum absolute atomic E-state index is 0.470. The van der Waals surface area contributed by atoms with Crippen molar-refractivity contribution in [2.75, 3.05) is 13.1 Å². The van der Waals surface area contributed by atoms with Crippen molar-refractivity contribution < 1.29 is 5.06 Å². The molecule has 0 rings (SSSR count). The van der Waals surface area contributed by atoms with Gasteiger partial charge in [0.25, 0.3) is 0 Å². The minimum Gasteiger partial charge on any atom is -0.634 e. The summed E-state index contributed by atoms with van der Waals surface area (Å²) >= 11 is 0. The van der Waals surface area contributed by atoms with Gasteiger partial charge in [0, 0.05) is 0 Å². The second kappa shape index (κ2) is 19.0. The summed E-state index contributed by atoms with van der Waals surface area (Å²) in [5.74, 6) is 0. The summed E-state index contributed by atoms with van der Waals surface area (Å²) in [6.45, 7) is 5.99. The molecule has 0 radical (unpaired) electrons. The fourth-order valence-corrected chi connectivity index (χ4v) is 3.10. The molecule has 0 aromatic carbocycles. The summed E-state index contributed by atoms with van der Waals surface area (Å²) in [7, 11) is 0. The van der Waals surface area contributed by atoms with Crippen LogP contribution in [-0.2, 0) is 0 Å². The Morgan fingerprint density at radius 2 is 0.818 bits per heavy atom. The standard InChI is InChI=1S/C20H43NO/c1-3-5-6-7-8-9-10-11-12-13-14-15-16-17-18-20-21(22)19-4-2/h21H,3-20H2,1-2H3. The van der Waals surface area contributed by atoms with Crippen LogP contribution >= 0.6 is 0 Å². The molecule has 0 aliphatic heterocycles. The Morgan fingerprint density at radius 3 is 1.18 bits per heavy atom. The summed E-state index contributed by atoms with van der Waals surface area (Å²) < 4.78 is 0. The van der Waals surface area contributed by atoms with E-state index in [1.165, 1.54) is 89.9 Å². The zero-order chi connectivity index (χ0) is 16.3. The van der Waals surface area contributed by atoms with Crippen molar-refractivity contribution in [3.63, 3.8) is 0 Å². The second-order valence-corrected chi connectivity index (χ2v) is 6.99. The van der Waals surface area contributed by atoms with Crippen LogP contribution in [-0.4, -0.2) is 13.1 Å². The molecule has 0 saturated heterocycles. The van der Waals surface area contributed by atoms with Crippen molar-refractivity contribution in [3.05, 3.63) is 5.21 Å². The van der Waals surface area contributed by atoms with Gasteiger partial charge in [-0.1, -0.05) is 97.3 Å². The topological polar surface area (TPSA) is 27.5 Å². The Balaban J connectivity index is 3.00. The van der Waals surface area contributed by atoms with Crippen molar-refractivity contribution in [1.29, 1.82) is 0 Å². The van der Waals surface area contributed by atoms with Crippen LogP contribution in [0.5, 0.6) is 0 Å². The van der Waals surface area contributed by atoms with E-state index in [2.05, 4.69) is 13.8 Å². The predicted molar refractivity (Wildman–Crippen MR) is 99.3 cm³/mol. The number of nitrogens with one attached hydrogen (secondary N) is 1. The van der Waals surface area contributed by atoms with Crippen LogP contribution in [0.25, 0.3) is 0 Å². The monoisotopic (exact) mass is 313 g/mol. The van der Waals surface area contributed by atoms with E-state index < -0.39 is 0 Å². The zero-order valence-corrected chi connectivity index (χ0v) is 15.6. The van der Waals surface area contributed by atoms with Crippen LogP contribution < -0.4 is 5.06 Å². The summed E-state index contributed by atoms with van der Waals surface area (Å²) in [5, 5.41) is 11.8. The molecule has 0 bridgehead atoms. The first-order valence-corrected chi connectivity index (χ1v) is 10.3. The molecule has 0 amide bonds. The highest BCUT2D eigenvalue weighted by molar-refractivity contribution is 4.49. The molecular weight excluding hydrogens is 270 g/mol. The molecular formula is C20H43NO. The van der Waals surface area contributed by atoms with Gasteiger partial charge in [-0.25, -0.2) is 0 Å². The van der Waals surface area contributed by atoms with Gasteiger partial charge in [0.1, 0.15) is 0 Å². The van der Waals surface area contributed by atoms with Crippen molar-refractivity contribution in [3.8, 4) is 0 Å². The lowest BCUT2D eigenvalue weighted by Crippen LogP contribution is -3.07. The summed E-state index contributed by atoms with van der Waals surface area (Å²) in [6, 6.07) is 0. The van der Waals surface area contributed by atoms with E-state index in [-0.39, 0.29) is 0 Å². The highest BCUT2D eigenvalue weighted by Crippen LogP contribution is 2.13. The molecule has 0 aromatic heterocycles. The van der Waals surface area contributed by atoms with Gasteiger partial charge in [-0.3, -0.25) is 0 Å². The maximum Gasteiger partial charge on any atom is 0.0768 e. The lowest BCUT2D eigenvalue weighted by atomic mass is 10.0. The van der Waals surface area contributed by atoms with Gasteiger partial charge in [-0.05, 0) is 19.3 Å². The second-order valence-electron chi connectivity index (χ2n) is 6.99. The quantitative estimate of drug-likeness (QED) is 0.257. The van der Waals surface area contributed by atoms with E-state index in [4.69, 9.17) is 0 Å². The van der Waals surface area contributed by atoms with E-state index >= 15 is 0 Å². The molecule has 134 valence electrons. The van der Waals surface area contributed by atoms with Gasteiger partial charge in [-0.2, -0.15) is 0 Å². The molecule has 0 spiro atoms. The molecule has 0 saturated carbocycles. The molecule has 0 aliphatic carbocycles. The molecule has 0 fully saturated rings. The van der Waals surface area contributed by atoms with Crippen molar-refractivity contribution >= 4 is 0 Å². The van der Waals surface area contributed by atoms with Crippen molar-refractivity contribution in [1.82, 2.24) is 0 Å². The van der Waals surface area contributed by atoms with E-state index in [1.54, 1.807) is 0 Å². The molecule has 1 unspecified atom stereocenters. The van der Waals surface area contributed by atoms with Gasteiger partial charge in [0.15, 0.2) is 0 Å². The smallest absolute Gasteiger partial charge is 0.0768 e. The van der Waals surface area contributed by atoms with Gasteiger partial charge in [0.2, 0.25) is 0 Å². The third kappa shape index (κ3) is 18.0. The molecule has 2 nitrogen and oxygen atoms in total. The average Bonchev–Trinajstić information content (AvgIpc) is 2.51. The van der Waals surface area contributed by atoms with Crippen LogP contribution in [0.2, 0.25) is 0 Å². The molecule has 1 atom stereocenters. The molecule has 2 heteroatoms. The average molecular weight is 314 g/mol. The maximum absolute atomic E-state index is 11.4. The Morgan fingerprint density at radius 1 is 0.455 bits per heavy atom. The molecule has 1 N–H and O–H groups in total. The first-order valence-electron chi connectivity index (χ1n) is 10.3. The van der Waals surface area contributed by atoms with E-state index in [1.807, 2.05) is 0 Å². The third-order valence-electron chi connectivity index (χ3n) is 4.59. The third-order valence-corrected chi connectivity index (χ3v) is 4.59. The number of hydroxylamine groups is 2. The highest BCUT2D eigenvalue weighted by atomic mass is 16.5. The normalized spacial score (nSPS) is 12.7. The highest BCUT2D eigenvalue weighted by Gasteiger charge is 1.97. The number of unbranched alkanes of at least 4 members (excludes halogenated alkanes) is 14. The largest absolute Gasteiger partial charge is 0.634 e. The van der Waals surface area contributed by atoms with Crippen LogP contribution in [0.3, 0.4) is 0 Å². The Bertz CT molecular complexity index is 196. The number of quaternary nitrogens is 1. The van der Waals surface area contributed by atoms with Gasteiger partial charge in [-0.15, -0.1) is 0 Å². The van der Waals surface area contributed by atoms with Gasteiger partial charge < -0.3 is 10.3 Å². The van der Waals surface area contributed by atoms with Crippen LogP contribution in [0.15, 0.2) is 0 Å². The lowest BCUT2D eigenvalue weighted by Gasteiger charge is -2.21. The zero-order valence-electron chi connectivity index (χ0n) is 15.6. The number of hydrogen-bond donors (Lipinski definition) is 1. The Labute approximate surface area is 140 Å².